The van der Waals surface area contributed by atoms with Crippen molar-refractivity contribution in [1.29, 1.82) is 0 Å². The SMILES string of the molecule is CCCC[N+](CCCC)(CCCC)CCCC.CCCC[N+](CCCC)(CCCC)CCCC.CN1CCN(C)CCN2CCN(C)CCN(Cc3ccc([B-](F)(F)F)cc3)CCN(CC1)CCN(C)CCN(Cc1ccc([B-](F)(F)F)cc1)CC2. The number of hydrogen-bond donors (Lipinski definition) is 0. The van der Waals surface area contributed by atoms with E-state index in [4.69, 9.17) is 0 Å². The number of nitrogens with zero attached hydrogens (tertiary/aromatic N) is 10. The van der Waals surface area contributed by atoms with Gasteiger partial charge in [0.05, 0.1) is 52.4 Å². The first-order valence-corrected chi connectivity index (χ1v) is 35.0. The molecular formula is C68H132B2F6N10. The summed E-state index contributed by atoms with van der Waals surface area (Å²) < 4.78 is 82.7. The molecule has 2 aromatic carbocycles. The van der Waals surface area contributed by atoms with Gasteiger partial charge < -0.3 is 54.5 Å². The van der Waals surface area contributed by atoms with E-state index in [1.807, 2.05) is 0 Å². The van der Waals surface area contributed by atoms with Crippen LogP contribution >= 0.6 is 0 Å². The number of benzene rings is 2. The van der Waals surface area contributed by atoms with E-state index in [9.17, 15) is 25.9 Å². The Kier molecular flexibility index (Phi) is 42.6. The maximum absolute atomic E-state index is 13.3. The molecule has 0 spiro atoms. The van der Waals surface area contributed by atoms with Crippen molar-refractivity contribution < 1.29 is 34.9 Å². The molecule has 0 aromatic heterocycles. The molecule has 86 heavy (non-hydrogen) atoms. The molecule has 0 aliphatic carbocycles. The third kappa shape index (κ3) is 35.4. The quantitative estimate of drug-likeness (QED) is 0.0434. The number of quaternary nitrogens is 2. The fourth-order valence-corrected chi connectivity index (χ4v) is 11.9. The average molecular weight is 1230 g/mol. The second-order valence-electron chi connectivity index (χ2n) is 26.4. The Labute approximate surface area is 526 Å². The Balaban J connectivity index is 0.000000604. The van der Waals surface area contributed by atoms with Crippen LogP contribution in [0.4, 0.5) is 25.9 Å². The number of halogens is 6. The Bertz CT molecular complexity index is 1710. The lowest BCUT2D eigenvalue weighted by molar-refractivity contribution is -0.929. The lowest BCUT2D eigenvalue weighted by atomic mass is 9.80. The Morgan fingerprint density at radius 3 is 0.686 bits per heavy atom. The standard InChI is InChI=1S/C36H60B2F6N8.2C16H36N/c1-45-13-14-46(2)16-22-50-24-18-48(4)20-25-51(31-33-5-9-35(10-6-33)37(39,40)41)29-27-49(21-15-45)23-17-47(3)19-26-52(30-28-50)32-34-7-11-36(12-8-34)38(42,43)44;2*1-5-9-13-17(14-10-6-2,15-11-7-3)16-12-8-4/h5-12H,13-32H2,1-4H3;2*5-16H2,1-4H3/q-2;2*+1. The monoisotopic (exact) mass is 1230 g/mol. The molecular weight excluding hydrogens is 1090 g/mol. The van der Waals surface area contributed by atoms with Gasteiger partial charge in [-0.1, -0.05) is 155 Å². The van der Waals surface area contributed by atoms with Crippen molar-refractivity contribution in [2.45, 2.75) is 171 Å². The lowest BCUT2D eigenvalue weighted by Crippen LogP contribution is -2.50. The van der Waals surface area contributed by atoms with Gasteiger partial charge >= 0.3 is 14.0 Å². The summed E-state index contributed by atoms with van der Waals surface area (Å²) in [6, 6.07) is 11.3. The molecule has 0 saturated carbocycles. The van der Waals surface area contributed by atoms with Gasteiger partial charge in [0.25, 0.3) is 0 Å². The molecule has 10 nitrogen and oxygen atoms in total. The molecule has 3 saturated heterocycles. The second kappa shape index (κ2) is 45.9. The number of rotatable bonds is 30. The lowest BCUT2D eigenvalue weighted by Gasteiger charge is -2.39. The van der Waals surface area contributed by atoms with Crippen LogP contribution in [-0.2, 0) is 13.1 Å². The van der Waals surface area contributed by atoms with Crippen LogP contribution in [0.1, 0.15) is 169 Å². The van der Waals surface area contributed by atoms with Crippen molar-refractivity contribution in [3.05, 3.63) is 59.7 Å². The van der Waals surface area contributed by atoms with Crippen LogP contribution in [0.3, 0.4) is 0 Å². The average Bonchev–Trinajstić information content (AvgIpc) is 3.53. The molecule has 0 radical (unpaired) electrons. The molecule has 2 aromatic rings. The van der Waals surface area contributed by atoms with Crippen LogP contribution in [0.25, 0.3) is 0 Å². The molecule has 3 fully saturated rings. The largest absolute Gasteiger partial charge is 0.509 e. The molecule has 0 N–H and O–H groups in total. The Morgan fingerprint density at radius 2 is 0.477 bits per heavy atom. The first-order chi connectivity index (χ1) is 41.1. The van der Waals surface area contributed by atoms with Crippen molar-refractivity contribution >= 4 is 24.9 Å². The molecule has 2 bridgehead atoms. The van der Waals surface area contributed by atoms with Crippen molar-refractivity contribution in [3.63, 3.8) is 0 Å². The number of unbranched alkanes of at least 4 members (excludes halogenated alkanes) is 8. The fourth-order valence-electron chi connectivity index (χ4n) is 11.9. The molecule has 3 aliphatic heterocycles. The van der Waals surface area contributed by atoms with E-state index in [2.05, 4.69) is 123 Å². The van der Waals surface area contributed by atoms with Gasteiger partial charge in [-0.3, -0.25) is 19.6 Å². The van der Waals surface area contributed by atoms with Gasteiger partial charge in [-0.15, -0.1) is 10.9 Å². The highest BCUT2D eigenvalue weighted by atomic mass is 19.4. The van der Waals surface area contributed by atoms with Gasteiger partial charge in [-0.25, -0.2) is 0 Å². The minimum Gasteiger partial charge on any atom is -0.445 e. The molecule has 2 unspecified atom stereocenters. The highest BCUT2D eigenvalue weighted by molar-refractivity contribution is 6.73. The first kappa shape index (κ1) is 79.8. The number of fused-ring (bicyclic) bond motifs is 21. The van der Waals surface area contributed by atoms with Crippen LogP contribution in [0.2, 0.25) is 0 Å². The fraction of sp³-hybridized carbons (Fsp3) is 0.824. The summed E-state index contributed by atoms with van der Waals surface area (Å²) in [5.74, 6) is 0. The van der Waals surface area contributed by atoms with E-state index in [-0.39, 0.29) is 0 Å². The summed E-state index contributed by atoms with van der Waals surface area (Å²) in [6.45, 7) is 37.0. The van der Waals surface area contributed by atoms with Crippen LogP contribution in [0.15, 0.2) is 48.5 Å². The molecule has 5 rings (SSSR count). The van der Waals surface area contributed by atoms with Crippen LogP contribution < -0.4 is 10.9 Å². The third-order valence-corrected chi connectivity index (χ3v) is 18.5. The normalized spacial score (nSPS) is 19.4. The third-order valence-electron chi connectivity index (χ3n) is 18.5. The number of likely N-dealkylation sites (N-methyl/N-ethyl adjacent to an activating group) is 4. The smallest absolute Gasteiger partial charge is 0.445 e. The molecule has 502 valence electrons. The second-order valence-corrected chi connectivity index (χ2v) is 26.4. The van der Waals surface area contributed by atoms with Crippen molar-refractivity contribution in [1.82, 2.24) is 39.2 Å². The van der Waals surface area contributed by atoms with Crippen molar-refractivity contribution in [3.8, 4) is 0 Å². The maximum Gasteiger partial charge on any atom is 0.509 e. The number of hydrogen-bond acceptors (Lipinski definition) is 8. The van der Waals surface area contributed by atoms with Crippen molar-refractivity contribution in [2.75, 3.05) is 198 Å². The summed E-state index contributed by atoms with van der Waals surface area (Å²) in [5, 5.41) is 0. The maximum atomic E-state index is 13.3. The Hall–Kier alpha value is -2.25. The molecule has 3 aliphatic rings. The molecule has 0 amide bonds. The minimum absolute atomic E-state index is 0.560. The van der Waals surface area contributed by atoms with Gasteiger partial charge in [0.15, 0.2) is 0 Å². The van der Waals surface area contributed by atoms with E-state index in [1.54, 1.807) is 24.3 Å². The molecule has 18 heteroatoms. The van der Waals surface area contributed by atoms with E-state index >= 15 is 0 Å². The Morgan fingerprint density at radius 1 is 0.291 bits per heavy atom. The summed E-state index contributed by atoms with van der Waals surface area (Å²) in [5.41, 5.74) is 0.655. The van der Waals surface area contributed by atoms with Gasteiger partial charge in [-0.2, -0.15) is 0 Å². The zero-order valence-corrected chi connectivity index (χ0v) is 57.6. The summed E-state index contributed by atoms with van der Waals surface area (Å²) in [4.78, 5) is 19.3. The van der Waals surface area contributed by atoms with Crippen LogP contribution in [0.5, 0.6) is 0 Å². The topological polar surface area (TPSA) is 25.9 Å². The minimum atomic E-state index is -5.02. The summed E-state index contributed by atoms with van der Waals surface area (Å²) in [7, 11) is 8.63. The predicted molar refractivity (Wildman–Crippen MR) is 362 cm³/mol. The van der Waals surface area contributed by atoms with E-state index in [0.717, 1.165) is 129 Å². The summed E-state index contributed by atoms with van der Waals surface area (Å²) >= 11 is 0. The van der Waals surface area contributed by atoms with Gasteiger partial charge in [-0.05, 0) is 90.7 Å². The first-order valence-electron chi connectivity index (χ1n) is 35.0. The van der Waals surface area contributed by atoms with Gasteiger partial charge in [0.1, 0.15) is 0 Å². The van der Waals surface area contributed by atoms with E-state index in [1.165, 1.54) is 188 Å². The summed E-state index contributed by atoms with van der Waals surface area (Å²) in [6.07, 6.45) is 22.1. The highest BCUT2D eigenvalue weighted by Gasteiger charge is 2.28. The highest BCUT2D eigenvalue weighted by Crippen LogP contribution is 2.19. The molecule has 2 atom stereocenters. The molecule has 3 heterocycles. The zero-order chi connectivity index (χ0) is 63.7. The van der Waals surface area contributed by atoms with E-state index < -0.39 is 24.9 Å². The van der Waals surface area contributed by atoms with Gasteiger partial charge in [0.2, 0.25) is 0 Å². The van der Waals surface area contributed by atoms with Crippen molar-refractivity contribution in [2.24, 2.45) is 0 Å². The van der Waals surface area contributed by atoms with Crippen LogP contribution in [-0.4, -0.2) is 260 Å². The van der Waals surface area contributed by atoms with Crippen LogP contribution in [0, 0.1) is 0 Å². The zero-order valence-electron chi connectivity index (χ0n) is 57.6. The van der Waals surface area contributed by atoms with E-state index in [0.29, 0.717) is 13.1 Å². The predicted octanol–water partition coefficient (Wildman–Crippen LogP) is 12.5. The van der Waals surface area contributed by atoms with Gasteiger partial charge in [0, 0.05) is 131 Å².